The van der Waals surface area contributed by atoms with E-state index in [1.54, 1.807) is 0 Å². The molecule has 0 aromatic carbocycles. The molecule has 0 unspecified atom stereocenters. The number of hydroxylamine groups is 1. The molecule has 2 heterocycles. The van der Waals surface area contributed by atoms with Crippen LogP contribution in [0.25, 0.3) is 0 Å². The smallest absolute Gasteiger partial charge is 0.268 e. The molecule has 6 heteroatoms. The first-order valence-electron chi connectivity index (χ1n) is 6.61. The Kier molecular flexibility index (Phi) is 4.19. The van der Waals surface area contributed by atoms with E-state index >= 15 is 0 Å². The van der Waals surface area contributed by atoms with Crippen molar-refractivity contribution in [3.63, 3.8) is 0 Å². The monoisotopic (exact) mass is 255 g/mol. The van der Waals surface area contributed by atoms with Crippen LogP contribution in [-0.4, -0.2) is 37.6 Å². The van der Waals surface area contributed by atoms with Crippen LogP contribution in [0.2, 0.25) is 0 Å². The summed E-state index contributed by atoms with van der Waals surface area (Å²) < 4.78 is 0. The van der Waals surface area contributed by atoms with E-state index in [0.29, 0.717) is 0 Å². The van der Waals surface area contributed by atoms with Crippen molar-refractivity contribution >= 4 is 11.8 Å². The lowest BCUT2D eigenvalue weighted by molar-refractivity contribution is -0.136. The van der Waals surface area contributed by atoms with E-state index in [-0.39, 0.29) is 23.8 Å². The van der Waals surface area contributed by atoms with Crippen molar-refractivity contribution in [1.29, 1.82) is 0 Å². The molecule has 102 valence electrons. The molecule has 0 aliphatic carbocycles. The maximum atomic E-state index is 12.4. The van der Waals surface area contributed by atoms with Crippen LogP contribution in [0.3, 0.4) is 0 Å². The van der Waals surface area contributed by atoms with E-state index in [9.17, 15) is 9.59 Å². The number of carbonyl (C=O) groups is 2. The van der Waals surface area contributed by atoms with Crippen molar-refractivity contribution in [3.05, 3.63) is 0 Å². The van der Waals surface area contributed by atoms with E-state index in [4.69, 9.17) is 4.84 Å². The fourth-order valence-electron chi connectivity index (χ4n) is 2.74. The first-order chi connectivity index (χ1) is 8.68. The van der Waals surface area contributed by atoms with Crippen molar-refractivity contribution in [2.24, 2.45) is 5.41 Å². The van der Waals surface area contributed by atoms with E-state index < -0.39 is 6.04 Å². The highest BCUT2D eigenvalue weighted by Crippen LogP contribution is 2.34. The van der Waals surface area contributed by atoms with Crippen molar-refractivity contribution in [1.82, 2.24) is 16.1 Å². The van der Waals surface area contributed by atoms with E-state index in [0.717, 1.165) is 38.8 Å². The van der Waals surface area contributed by atoms with Gasteiger partial charge in [0.15, 0.2) is 0 Å². The Bertz CT molecular complexity index is 321. The molecule has 2 aliphatic rings. The van der Waals surface area contributed by atoms with Gasteiger partial charge in [0.2, 0.25) is 5.91 Å². The van der Waals surface area contributed by atoms with Gasteiger partial charge in [0.05, 0.1) is 5.41 Å². The molecular formula is C12H21N3O3. The number of rotatable bonds is 4. The SMILES string of the molecule is CCCC1(C(=O)N[C@@H]2CONC2=O)CCNCC1. The third-order valence-corrected chi connectivity index (χ3v) is 3.82. The maximum absolute atomic E-state index is 12.4. The largest absolute Gasteiger partial charge is 0.342 e. The molecule has 2 saturated heterocycles. The second-order valence-electron chi connectivity index (χ2n) is 5.08. The Morgan fingerprint density at radius 1 is 1.50 bits per heavy atom. The standard InChI is InChI=1S/C12H21N3O3/c1-2-3-12(4-6-13-7-5-12)11(17)14-9-8-18-15-10(9)16/h9,13H,2-8H2,1H3,(H,14,17)(H,15,16)/t9-/m1/s1. The van der Waals surface area contributed by atoms with Gasteiger partial charge < -0.3 is 10.6 Å². The molecule has 0 radical (unpaired) electrons. The highest BCUT2D eigenvalue weighted by molar-refractivity contribution is 5.90. The summed E-state index contributed by atoms with van der Waals surface area (Å²) in [5.74, 6) is -0.263. The Morgan fingerprint density at radius 3 is 2.78 bits per heavy atom. The summed E-state index contributed by atoms with van der Waals surface area (Å²) in [4.78, 5) is 28.7. The summed E-state index contributed by atoms with van der Waals surface area (Å²) in [6.07, 6.45) is 3.51. The fourth-order valence-corrected chi connectivity index (χ4v) is 2.74. The van der Waals surface area contributed by atoms with Crippen molar-refractivity contribution in [3.8, 4) is 0 Å². The van der Waals surface area contributed by atoms with E-state index in [1.165, 1.54) is 0 Å². The Balaban J connectivity index is 2.01. The van der Waals surface area contributed by atoms with Gasteiger partial charge in [-0.25, -0.2) is 5.48 Å². The molecule has 18 heavy (non-hydrogen) atoms. The third kappa shape index (κ3) is 2.64. The zero-order valence-electron chi connectivity index (χ0n) is 10.8. The van der Waals surface area contributed by atoms with Crippen LogP contribution in [0, 0.1) is 5.41 Å². The molecule has 0 spiro atoms. The number of nitrogens with one attached hydrogen (secondary N) is 3. The average Bonchev–Trinajstić information content (AvgIpc) is 2.76. The summed E-state index contributed by atoms with van der Waals surface area (Å²) in [5, 5.41) is 6.09. The molecule has 0 aromatic heterocycles. The number of amides is 2. The molecule has 3 N–H and O–H groups in total. The van der Waals surface area contributed by atoms with Gasteiger partial charge in [-0.2, -0.15) is 0 Å². The zero-order valence-corrected chi connectivity index (χ0v) is 10.8. The van der Waals surface area contributed by atoms with Gasteiger partial charge >= 0.3 is 0 Å². The summed E-state index contributed by atoms with van der Waals surface area (Å²) in [7, 11) is 0. The predicted molar refractivity (Wildman–Crippen MR) is 65.5 cm³/mol. The zero-order chi connectivity index (χ0) is 13.0. The topological polar surface area (TPSA) is 79.5 Å². The Morgan fingerprint density at radius 2 is 2.22 bits per heavy atom. The van der Waals surface area contributed by atoms with Gasteiger partial charge in [-0.05, 0) is 32.4 Å². The lowest BCUT2D eigenvalue weighted by atomic mass is 9.74. The van der Waals surface area contributed by atoms with Crippen LogP contribution in [0.15, 0.2) is 0 Å². The first-order valence-corrected chi connectivity index (χ1v) is 6.61. The highest BCUT2D eigenvalue weighted by Gasteiger charge is 2.40. The number of hydrogen-bond acceptors (Lipinski definition) is 4. The molecule has 2 rings (SSSR count). The number of piperidine rings is 1. The normalized spacial score (nSPS) is 26.7. The predicted octanol–water partition coefficient (Wildman–Crippen LogP) is -0.297. The Labute approximate surface area is 107 Å². The van der Waals surface area contributed by atoms with Crippen molar-refractivity contribution in [2.45, 2.75) is 38.6 Å². The van der Waals surface area contributed by atoms with Crippen LogP contribution in [0.4, 0.5) is 0 Å². The second-order valence-corrected chi connectivity index (χ2v) is 5.08. The molecule has 0 saturated carbocycles. The summed E-state index contributed by atoms with van der Waals surface area (Å²) >= 11 is 0. The molecule has 6 nitrogen and oxygen atoms in total. The molecule has 1 atom stereocenters. The van der Waals surface area contributed by atoms with Crippen LogP contribution in [0.1, 0.15) is 32.6 Å². The molecule has 2 aliphatic heterocycles. The van der Waals surface area contributed by atoms with Gasteiger partial charge in [-0.1, -0.05) is 13.3 Å². The van der Waals surface area contributed by atoms with Gasteiger partial charge in [-0.15, -0.1) is 0 Å². The van der Waals surface area contributed by atoms with E-state index in [2.05, 4.69) is 23.0 Å². The maximum Gasteiger partial charge on any atom is 0.268 e. The van der Waals surface area contributed by atoms with Crippen LogP contribution in [-0.2, 0) is 14.4 Å². The minimum absolute atomic E-state index is 0.00324. The first kappa shape index (κ1) is 13.3. The number of carbonyl (C=O) groups excluding carboxylic acids is 2. The summed E-state index contributed by atoms with van der Waals surface area (Å²) in [6, 6.07) is -0.541. The number of hydrogen-bond donors (Lipinski definition) is 3. The highest BCUT2D eigenvalue weighted by atomic mass is 16.7. The lowest BCUT2D eigenvalue weighted by Gasteiger charge is -2.36. The van der Waals surface area contributed by atoms with Crippen LogP contribution >= 0.6 is 0 Å². The van der Waals surface area contributed by atoms with Crippen molar-refractivity contribution in [2.75, 3.05) is 19.7 Å². The molecule has 0 aromatic rings. The van der Waals surface area contributed by atoms with E-state index in [1.807, 2.05) is 0 Å². The fraction of sp³-hybridized carbons (Fsp3) is 0.833. The summed E-state index contributed by atoms with van der Waals surface area (Å²) in [5.41, 5.74) is 1.94. The molecule has 2 fully saturated rings. The Hall–Kier alpha value is -1.14. The quantitative estimate of drug-likeness (QED) is 0.644. The minimum atomic E-state index is -0.541. The summed E-state index contributed by atoms with van der Waals surface area (Å²) in [6.45, 7) is 4.02. The molecule has 2 amide bonds. The van der Waals surface area contributed by atoms with Gasteiger partial charge in [0.1, 0.15) is 12.6 Å². The molecule has 0 bridgehead atoms. The van der Waals surface area contributed by atoms with Crippen LogP contribution in [0.5, 0.6) is 0 Å². The van der Waals surface area contributed by atoms with Crippen molar-refractivity contribution < 1.29 is 14.4 Å². The average molecular weight is 255 g/mol. The van der Waals surface area contributed by atoms with Gasteiger partial charge in [0.25, 0.3) is 5.91 Å². The minimum Gasteiger partial charge on any atom is -0.342 e. The molecular weight excluding hydrogens is 234 g/mol. The van der Waals surface area contributed by atoms with Gasteiger partial charge in [-0.3, -0.25) is 14.4 Å². The lowest BCUT2D eigenvalue weighted by Crippen LogP contribution is -2.52. The van der Waals surface area contributed by atoms with Crippen LogP contribution < -0.4 is 16.1 Å². The second kappa shape index (κ2) is 5.67. The third-order valence-electron chi connectivity index (χ3n) is 3.82. The van der Waals surface area contributed by atoms with Gasteiger partial charge in [0, 0.05) is 0 Å².